The van der Waals surface area contributed by atoms with Crippen molar-refractivity contribution in [1.29, 1.82) is 0 Å². The highest BCUT2D eigenvalue weighted by molar-refractivity contribution is 5.96. The van der Waals surface area contributed by atoms with Crippen molar-refractivity contribution in [3.05, 3.63) is 11.6 Å². The van der Waals surface area contributed by atoms with Gasteiger partial charge < -0.3 is 20.0 Å². The van der Waals surface area contributed by atoms with E-state index >= 15 is 0 Å². The molecule has 3 saturated carbocycles. The monoisotopic (exact) mass is 500 g/mol. The highest BCUT2D eigenvalue weighted by Crippen LogP contribution is 2.66. The minimum absolute atomic E-state index is 0.00783. The van der Waals surface area contributed by atoms with Crippen LogP contribution >= 0.6 is 0 Å². The number of carboxylic acid groups (broad SMARTS) is 1. The third-order valence-corrected chi connectivity index (χ3v) is 10.7. The zero-order valence-electron chi connectivity index (χ0n) is 21.7. The molecule has 8 atom stereocenters. The minimum atomic E-state index is -1.12. The molecule has 1 aliphatic heterocycles. The van der Waals surface area contributed by atoms with Crippen molar-refractivity contribution in [3.63, 3.8) is 0 Å². The number of carbonyl (C=O) groups excluding carboxylic acids is 2. The van der Waals surface area contributed by atoms with Crippen molar-refractivity contribution < 1.29 is 29.4 Å². The molecular weight excluding hydrogens is 460 g/mol. The zero-order chi connectivity index (χ0) is 25.8. The van der Waals surface area contributed by atoms with Crippen molar-refractivity contribution >= 4 is 23.4 Å². The molecule has 8 nitrogen and oxygen atoms in total. The molecule has 1 heterocycles. The van der Waals surface area contributed by atoms with E-state index in [1.54, 1.807) is 6.92 Å². The fourth-order valence-electron chi connectivity index (χ4n) is 8.89. The lowest BCUT2D eigenvalue weighted by Gasteiger charge is -2.58. The molecule has 0 aromatic rings. The molecule has 198 valence electrons. The molecule has 5 rings (SSSR count). The summed E-state index contributed by atoms with van der Waals surface area (Å²) in [4.78, 5) is 42.8. The van der Waals surface area contributed by atoms with Gasteiger partial charge in [-0.2, -0.15) is 0 Å². The van der Waals surface area contributed by atoms with Crippen LogP contribution in [-0.4, -0.2) is 63.8 Å². The topological polar surface area (TPSA) is 117 Å². The number of aliphatic carboxylic acids is 1. The van der Waals surface area contributed by atoms with Gasteiger partial charge in [0.15, 0.2) is 6.61 Å². The number of hydrogen-bond donors (Lipinski definition) is 2. The van der Waals surface area contributed by atoms with Crippen LogP contribution in [0.5, 0.6) is 0 Å². The fraction of sp³-hybridized carbons (Fsp3) is 0.786. The van der Waals surface area contributed by atoms with Gasteiger partial charge in [0, 0.05) is 18.9 Å². The fourth-order valence-corrected chi connectivity index (χ4v) is 8.89. The quantitative estimate of drug-likeness (QED) is 0.558. The van der Waals surface area contributed by atoms with Crippen LogP contribution in [0.25, 0.3) is 0 Å². The summed E-state index contributed by atoms with van der Waals surface area (Å²) in [6.07, 6.45) is 9.94. The highest BCUT2D eigenvalue weighted by atomic mass is 16.6. The van der Waals surface area contributed by atoms with Crippen molar-refractivity contribution in [2.24, 2.45) is 39.7 Å². The largest absolute Gasteiger partial charge is 0.480 e. The molecule has 2 N–H and O–H groups in total. The van der Waals surface area contributed by atoms with Crippen molar-refractivity contribution in [3.8, 4) is 0 Å². The standard InChI is InChI=1S/C28H40N2O6/c1-16(31)21-6-7-22-20-5-4-17-12-18(8-10-27(17,2)23(20)9-11-28(21,22)3)29-36-15-25(33)30-14-19(32)13-24(30)26(34)35/h12,19-24,32H,4-11,13-15H2,1-3H3,(H,34,35)/b29-18-/t19-,20+,21-,22+,23+,24+,27+,28-/m1/s1. The van der Waals surface area contributed by atoms with Crippen LogP contribution in [0.3, 0.4) is 0 Å². The molecule has 5 aliphatic rings. The summed E-state index contributed by atoms with van der Waals surface area (Å²) >= 11 is 0. The van der Waals surface area contributed by atoms with E-state index in [4.69, 9.17) is 4.84 Å². The van der Waals surface area contributed by atoms with E-state index < -0.39 is 24.0 Å². The number of amides is 1. The molecule has 8 heteroatoms. The lowest BCUT2D eigenvalue weighted by atomic mass is 9.46. The molecule has 1 saturated heterocycles. The van der Waals surface area contributed by atoms with Gasteiger partial charge in [-0.1, -0.05) is 24.6 Å². The number of aliphatic hydroxyl groups is 1. The third kappa shape index (κ3) is 4.09. The van der Waals surface area contributed by atoms with E-state index in [1.807, 2.05) is 0 Å². The number of hydrogen-bond acceptors (Lipinski definition) is 6. The SMILES string of the molecule is CC(=O)[C@H]1CC[C@H]2[C@@H]3CCC4=C/C(=N\OCC(=O)N5C[C@H](O)C[C@H]5C(=O)O)CC[C@]4(C)[C@H]3CC[C@]12C. The van der Waals surface area contributed by atoms with E-state index in [-0.39, 0.29) is 36.3 Å². The zero-order valence-corrected chi connectivity index (χ0v) is 21.7. The van der Waals surface area contributed by atoms with Gasteiger partial charge in [0.25, 0.3) is 5.91 Å². The summed E-state index contributed by atoms with van der Waals surface area (Å²) < 4.78 is 0. The summed E-state index contributed by atoms with van der Waals surface area (Å²) in [5, 5.41) is 23.3. The van der Waals surface area contributed by atoms with Gasteiger partial charge in [-0.25, -0.2) is 4.79 Å². The van der Waals surface area contributed by atoms with Crippen LogP contribution < -0.4 is 0 Å². The van der Waals surface area contributed by atoms with Gasteiger partial charge in [-0.3, -0.25) is 9.59 Å². The number of Topliss-reactive ketones (excluding diaryl/α,β-unsaturated/α-hetero) is 1. The maximum absolute atomic E-state index is 12.5. The Morgan fingerprint density at radius 2 is 1.89 bits per heavy atom. The van der Waals surface area contributed by atoms with Crippen molar-refractivity contribution in [2.45, 2.75) is 90.7 Å². The van der Waals surface area contributed by atoms with E-state index in [9.17, 15) is 24.6 Å². The molecule has 1 amide bonds. The predicted octanol–water partition coefficient (Wildman–Crippen LogP) is 3.57. The van der Waals surface area contributed by atoms with Gasteiger partial charge in [0.05, 0.1) is 11.8 Å². The first-order valence-corrected chi connectivity index (χ1v) is 13.6. The number of likely N-dealkylation sites (tertiary alicyclic amines) is 1. The Balaban J connectivity index is 1.24. The van der Waals surface area contributed by atoms with Gasteiger partial charge in [-0.15, -0.1) is 0 Å². The first kappa shape index (κ1) is 25.4. The normalized spacial score (nSPS) is 42.8. The number of carboxylic acids is 1. The Hall–Kier alpha value is -2.22. The molecule has 0 radical (unpaired) electrons. The minimum Gasteiger partial charge on any atom is -0.480 e. The first-order valence-electron chi connectivity index (χ1n) is 13.6. The number of fused-ring (bicyclic) bond motifs is 5. The van der Waals surface area contributed by atoms with E-state index in [0.717, 1.165) is 44.2 Å². The van der Waals surface area contributed by atoms with Crippen LogP contribution in [0.1, 0.15) is 78.6 Å². The molecule has 0 unspecified atom stereocenters. The van der Waals surface area contributed by atoms with Crippen LogP contribution in [-0.2, 0) is 19.2 Å². The van der Waals surface area contributed by atoms with Crippen LogP contribution in [0.15, 0.2) is 16.8 Å². The van der Waals surface area contributed by atoms with Crippen LogP contribution in [0, 0.1) is 34.5 Å². The summed E-state index contributed by atoms with van der Waals surface area (Å²) in [5.74, 6) is 0.982. The Kier molecular flexibility index (Phi) is 6.54. The second kappa shape index (κ2) is 9.26. The summed E-state index contributed by atoms with van der Waals surface area (Å²) in [5.41, 5.74) is 2.58. The van der Waals surface area contributed by atoms with Gasteiger partial charge in [-0.05, 0) is 93.0 Å². The number of ketones is 1. The number of nitrogens with zero attached hydrogens (tertiary/aromatic N) is 2. The van der Waals surface area contributed by atoms with Crippen molar-refractivity contribution in [1.82, 2.24) is 4.90 Å². The number of allylic oxidation sites excluding steroid dienone is 2. The molecule has 36 heavy (non-hydrogen) atoms. The lowest BCUT2D eigenvalue weighted by Crippen LogP contribution is -2.51. The smallest absolute Gasteiger partial charge is 0.326 e. The molecule has 4 fully saturated rings. The van der Waals surface area contributed by atoms with E-state index in [0.29, 0.717) is 23.5 Å². The van der Waals surface area contributed by atoms with Gasteiger partial charge >= 0.3 is 5.97 Å². The van der Waals surface area contributed by atoms with E-state index in [1.165, 1.54) is 23.3 Å². The molecule has 0 spiro atoms. The highest BCUT2D eigenvalue weighted by Gasteiger charge is 2.59. The average Bonchev–Trinajstić information content (AvgIpc) is 3.39. The van der Waals surface area contributed by atoms with Gasteiger partial charge in [0.2, 0.25) is 0 Å². The number of β-amino-alcohol motifs (C(OH)–C–C–N with tert-alkyl or cyclic N) is 1. The van der Waals surface area contributed by atoms with E-state index in [2.05, 4.69) is 25.1 Å². The first-order chi connectivity index (χ1) is 17.0. The van der Waals surface area contributed by atoms with Crippen LogP contribution in [0.2, 0.25) is 0 Å². The maximum Gasteiger partial charge on any atom is 0.326 e. The third-order valence-electron chi connectivity index (χ3n) is 10.7. The molecule has 4 aliphatic carbocycles. The Labute approximate surface area is 213 Å². The summed E-state index contributed by atoms with van der Waals surface area (Å²) in [7, 11) is 0. The molecule has 0 bridgehead atoms. The lowest BCUT2D eigenvalue weighted by molar-refractivity contribution is -0.150. The number of aliphatic hydroxyl groups excluding tert-OH is 1. The molecule has 0 aromatic heterocycles. The number of carbonyl (C=O) groups is 3. The second-order valence-electron chi connectivity index (χ2n) is 12.4. The number of rotatable bonds is 5. The van der Waals surface area contributed by atoms with Crippen LogP contribution in [0.4, 0.5) is 0 Å². The Bertz CT molecular complexity index is 1010. The second-order valence-corrected chi connectivity index (χ2v) is 12.4. The van der Waals surface area contributed by atoms with Gasteiger partial charge in [0.1, 0.15) is 11.8 Å². The predicted molar refractivity (Wildman–Crippen MR) is 133 cm³/mol. The average molecular weight is 501 g/mol. The van der Waals surface area contributed by atoms with Crippen molar-refractivity contribution in [2.75, 3.05) is 13.2 Å². The maximum atomic E-state index is 12.5. The molecular formula is C28H40N2O6. The molecule has 0 aromatic carbocycles. The summed E-state index contributed by atoms with van der Waals surface area (Å²) in [6, 6.07) is -1.01. The number of oxime groups is 1. The summed E-state index contributed by atoms with van der Waals surface area (Å²) in [6.45, 7) is 6.26. The Morgan fingerprint density at radius 3 is 2.61 bits per heavy atom. The Morgan fingerprint density at radius 1 is 1.11 bits per heavy atom.